The van der Waals surface area contributed by atoms with E-state index in [9.17, 15) is 9.59 Å². The first-order valence-electron chi connectivity index (χ1n) is 6.90. The van der Waals surface area contributed by atoms with Gasteiger partial charge < -0.3 is 15.7 Å². The van der Waals surface area contributed by atoms with Crippen LogP contribution in [0.2, 0.25) is 0 Å². The molecule has 2 amide bonds. The molecule has 0 aromatic carbocycles. The lowest BCUT2D eigenvalue weighted by Crippen LogP contribution is -2.48. The molecular formula is C14H26N2O3. The highest BCUT2D eigenvalue weighted by Gasteiger charge is 2.30. The predicted molar refractivity (Wildman–Crippen MR) is 74.0 cm³/mol. The van der Waals surface area contributed by atoms with Crippen molar-refractivity contribution in [1.82, 2.24) is 10.6 Å². The van der Waals surface area contributed by atoms with E-state index in [4.69, 9.17) is 5.11 Å². The summed E-state index contributed by atoms with van der Waals surface area (Å²) in [5.41, 5.74) is -0.667. The maximum Gasteiger partial charge on any atom is 0.315 e. The smallest absolute Gasteiger partial charge is 0.315 e. The second-order valence-electron chi connectivity index (χ2n) is 6.97. The first-order valence-corrected chi connectivity index (χ1v) is 6.90. The van der Waals surface area contributed by atoms with Gasteiger partial charge in [-0.2, -0.15) is 0 Å². The number of amides is 2. The number of aliphatic carboxylic acids is 1. The molecule has 1 aliphatic carbocycles. The number of rotatable bonds is 4. The molecule has 19 heavy (non-hydrogen) atoms. The highest BCUT2D eigenvalue weighted by molar-refractivity contribution is 5.77. The molecule has 3 N–H and O–H groups in total. The Labute approximate surface area is 115 Å². The fraction of sp³-hybridized carbons (Fsp3) is 0.857. The Bertz CT molecular complexity index is 351. The van der Waals surface area contributed by atoms with Gasteiger partial charge in [-0.15, -0.1) is 0 Å². The van der Waals surface area contributed by atoms with E-state index in [-0.39, 0.29) is 24.0 Å². The predicted octanol–water partition coefficient (Wildman–Crippen LogP) is 2.37. The summed E-state index contributed by atoms with van der Waals surface area (Å²) < 4.78 is 0. The molecule has 1 unspecified atom stereocenters. The summed E-state index contributed by atoms with van der Waals surface area (Å²) in [6.45, 7) is 7.75. The normalized spacial score (nSPS) is 22.6. The molecule has 0 aliphatic heterocycles. The molecule has 1 saturated carbocycles. The lowest BCUT2D eigenvalue weighted by molar-refractivity contribution is -0.146. The third kappa shape index (κ3) is 5.09. The molecule has 0 heterocycles. The molecule has 0 spiro atoms. The van der Waals surface area contributed by atoms with Crippen molar-refractivity contribution in [2.24, 2.45) is 10.8 Å². The van der Waals surface area contributed by atoms with Crippen LogP contribution < -0.4 is 10.6 Å². The molecule has 1 fully saturated rings. The summed E-state index contributed by atoms with van der Waals surface area (Å²) >= 11 is 0. The Morgan fingerprint density at radius 2 is 2.00 bits per heavy atom. The van der Waals surface area contributed by atoms with Gasteiger partial charge in [0.05, 0.1) is 5.41 Å². The van der Waals surface area contributed by atoms with Gasteiger partial charge in [-0.25, -0.2) is 4.79 Å². The van der Waals surface area contributed by atoms with Crippen LogP contribution in [0.5, 0.6) is 0 Å². The number of hydrogen-bond acceptors (Lipinski definition) is 2. The number of hydrogen-bond donors (Lipinski definition) is 3. The van der Waals surface area contributed by atoms with Crippen molar-refractivity contribution in [3.05, 3.63) is 0 Å². The largest absolute Gasteiger partial charge is 0.481 e. The zero-order valence-corrected chi connectivity index (χ0v) is 12.4. The zero-order valence-electron chi connectivity index (χ0n) is 12.4. The van der Waals surface area contributed by atoms with Crippen LogP contribution in [-0.4, -0.2) is 29.7 Å². The zero-order chi connectivity index (χ0) is 14.7. The Kier molecular flexibility index (Phi) is 4.82. The van der Waals surface area contributed by atoms with Gasteiger partial charge in [-0.1, -0.05) is 20.3 Å². The van der Waals surface area contributed by atoms with Crippen LogP contribution in [0.15, 0.2) is 0 Å². The van der Waals surface area contributed by atoms with Gasteiger partial charge in [-0.3, -0.25) is 4.79 Å². The van der Waals surface area contributed by atoms with Gasteiger partial charge in [0, 0.05) is 12.6 Å². The van der Waals surface area contributed by atoms with Crippen molar-refractivity contribution in [3.63, 3.8) is 0 Å². The van der Waals surface area contributed by atoms with Crippen LogP contribution in [-0.2, 0) is 4.79 Å². The van der Waals surface area contributed by atoms with Crippen LogP contribution in [0, 0.1) is 10.8 Å². The number of carboxylic acids is 1. The van der Waals surface area contributed by atoms with E-state index in [0.717, 1.165) is 19.3 Å². The average molecular weight is 270 g/mol. The molecule has 0 saturated heterocycles. The highest BCUT2D eigenvalue weighted by Crippen LogP contribution is 2.34. The number of nitrogens with one attached hydrogen (secondary N) is 2. The molecule has 0 aromatic heterocycles. The minimum Gasteiger partial charge on any atom is -0.481 e. The molecular weight excluding hydrogens is 244 g/mol. The van der Waals surface area contributed by atoms with Gasteiger partial charge in [-0.05, 0) is 38.5 Å². The first-order chi connectivity index (χ1) is 8.62. The third-order valence-electron chi connectivity index (χ3n) is 3.81. The van der Waals surface area contributed by atoms with Crippen molar-refractivity contribution < 1.29 is 14.7 Å². The van der Waals surface area contributed by atoms with E-state index in [0.29, 0.717) is 0 Å². The van der Waals surface area contributed by atoms with Crippen LogP contribution >= 0.6 is 0 Å². The maximum atomic E-state index is 11.8. The number of carboxylic acid groups (broad SMARTS) is 1. The minimum absolute atomic E-state index is 0.129. The van der Waals surface area contributed by atoms with E-state index in [1.165, 1.54) is 6.42 Å². The summed E-state index contributed by atoms with van der Waals surface area (Å²) in [6.07, 6.45) is 4.29. The molecule has 5 heteroatoms. The molecule has 0 radical (unpaired) electrons. The van der Waals surface area contributed by atoms with Crippen LogP contribution in [0.1, 0.15) is 53.4 Å². The Balaban J connectivity index is 2.37. The van der Waals surface area contributed by atoms with Crippen LogP contribution in [0.3, 0.4) is 0 Å². The van der Waals surface area contributed by atoms with Gasteiger partial charge in [0.1, 0.15) is 0 Å². The second-order valence-corrected chi connectivity index (χ2v) is 6.97. The topological polar surface area (TPSA) is 78.4 Å². The second kappa shape index (κ2) is 5.80. The van der Waals surface area contributed by atoms with Crippen LogP contribution in [0.4, 0.5) is 4.79 Å². The molecule has 1 rings (SSSR count). The standard InChI is InChI=1S/C14H26N2O3/c1-13(2)7-5-6-10(8-13)16-12(19)15-9-14(3,4)11(17)18/h10H,5-9H2,1-4H3,(H,17,18)(H2,15,16,19). The van der Waals surface area contributed by atoms with Crippen LogP contribution in [0.25, 0.3) is 0 Å². The van der Waals surface area contributed by atoms with E-state index in [2.05, 4.69) is 24.5 Å². The summed E-state index contributed by atoms with van der Waals surface area (Å²) in [5.74, 6) is -0.911. The lowest BCUT2D eigenvalue weighted by atomic mass is 9.75. The number of carbonyl (C=O) groups excluding carboxylic acids is 1. The molecule has 1 aliphatic rings. The summed E-state index contributed by atoms with van der Waals surface area (Å²) in [6, 6.07) is -0.0753. The van der Waals surface area contributed by atoms with Gasteiger partial charge in [0.2, 0.25) is 0 Å². The number of urea groups is 1. The highest BCUT2D eigenvalue weighted by atomic mass is 16.4. The summed E-state index contributed by atoms with van der Waals surface area (Å²) in [7, 11) is 0. The summed E-state index contributed by atoms with van der Waals surface area (Å²) in [5, 5.41) is 14.6. The number of carbonyl (C=O) groups is 2. The maximum absolute atomic E-state index is 11.8. The van der Waals surface area contributed by atoms with E-state index in [1.54, 1.807) is 13.8 Å². The molecule has 1 atom stereocenters. The molecule has 0 aromatic rings. The van der Waals surface area contributed by atoms with Gasteiger partial charge in [0.15, 0.2) is 0 Å². The van der Waals surface area contributed by atoms with Gasteiger partial charge in [0.25, 0.3) is 0 Å². The van der Waals surface area contributed by atoms with Crippen molar-refractivity contribution >= 4 is 12.0 Å². The Hall–Kier alpha value is -1.26. The quantitative estimate of drug-likeness (QED) is 0.733. The Morgan fingerprint density at radius 3 is 2.53 bits per heavy atom. The van der Waals surface area contributed by atoms with E-state index < -0.39 is 11.4 Å². The van der Waals surface area contributed by atoms with E-state index in [1.807, 2.05) is 0 Å². The fourth-order valence-electron chi connectivity index (χ4n) is 2.43. The minimum atomic E-state index is -0.941. The molecule has 0 bridgehead atoms. The average Bonchev–Trinajstić information content (AvgIpc) is 2.25. The summed E-state index contributed by atoms with van der Waals surface area (Å²) in [4.78, 5) is 22.7. The molecule has 110 valence electrons. The van der Waals surface area contributed by atoms with Crippen molar-refractivity contribution in [3.8, 4) is 0 Å². The van der Waals surface area contributed by atoms with Crippen molar-refractivity contribution in [1.29, 1.82) is 0 Å². The third-order valence-corrected chi connectivity index (χ3v) is 3.81. The van der Waals surface area contributed by atoms with E-state index >= 15 is 0 Å². The Morgan fingerprint density at radius 1 is 1.37 bits per heavy atom. The monoisotopic (exact) mass is 270 g/mol. The first kappa shape index (κ1) is 15.8. The fourth-order valence-corrected chi connectivity index (χ4v) is 2.43. The SMILES string of the molecule is CC1(C)CCCC(NC(=O)NCC(C)(C)C(=O)O)C1. The molecule has 5 nitrogen and oxygen atoms in total. The lowest BCUT2D eigenvalue weighted by Gasteiger charge is -2.35. The van der Waals surface area contributed by atoms with Crippen molar-refractivity contribution in [2.75, 3.05) is 6.54 Å². The van der Waals surface area contributed by atoms with Crippen molar-refractivity contribution in [2.45, 2.75) is 59.4 Å². The van der Waals surface area contributed by atoms with Gasteiger partial charge >= 0.3 is 12.0 Å².